The van der Waals surface area contributed by atoms with E-state index in [9.17, 15) is 35.1 Å². The number of carbonyl (C=O) groups is 1. The second-order valence-electron chi connectivity index (χ2n) is 5.83. The Bertz CT molecular complexity index is 712. The van der Waals surface area contributed by atoms with Crippen molar-refractivity contribution >= 4 is 5.97 Å². The van der Waals surface area contributed by atoms with E-state index in [1.54, 1.807) is 11.9 Å². The molecule has 0 aliphatic carbocycles. The smallest absolute Gasteiger partial charge is 0.475 e. The van der Waals surface area contributed by atoms with Gasteiger partial charge in [0.25, 0.3) is 5.66 Å². The first-order chi connectivity index (χ1) is 12.7. The van der Waals surface area contributed by atoms with E-state index < -0.39 is 35.6 Å². The Hall–Kier alpha value is -2.31. The number of likely N-dealkylation sites (N-methyl/N-ethyl adjacent to an activating group) is 1. The zero-order valence-electron chi connectivity index (χ0n) is 14.3. The standard InChI is InChI=1S/C13H14F5N3.C2HF3O2/c1-21(8-6-12(19-20-12)13(16,17)18)7-5-9-3-2-4-10(14)11(9)15;3-2(4,5)1(6)7/h2-4H,5-8H2,1H3;(H,6,7). The number of nitrogens with zero attached hydrogens (tertiary/aromatic N) is 3. The van der Waals surface area contributed by atoms with Crippen molar-refractivity contribution in [1.82, 2.24) is 4.90 Å². The summed E-state index contributed by atoms with van der Waals surface area (Å²) in [5.41, 5.74) is -2.06. The summed E-state index contributed by atoms with van der Waals surface area (Å²) in [4.78, 5) is 10.5. The first-order valence-corrected chi connectivity index (χ1v) is 7.62. The molecule has 0 aromatic heterocycles. The number of halogens is 8. The van der Waals surface area contributed by atoms with Crippen molar-refractivity contribution in [2.24, 2.45) is 10.2 Å². The van der Waals surface area contributed by atoms with Crippen LogP contribution in [0.25, 0.3) is 0 Å². The zero-order valence-corrected chi connectivity index (χ0v) is 14.3. The molecule has 0 saturated heterocycles. The summed E-state index contributed by atoms with van der Waals surface area (Å²) >= 11 is 0. The number of aliphatic carboxylic acids is 1. The second-order valence-corrected chi connectivity index (χ2v) is 5.83. The summed E-state index contributed by atoms with van der Waals surface area (Å²) in [6, 6.07) is 3.87. The minimum Gasteiger partial charge on any atom is -0.475 e. The van der Waals surface area contributed by atoms with Crippen LogP contribution in [0.1, 0.15) is 12.0 Å². The molecule has 0 saturated carbocycles. The van der Waals surface area contributed by atoms with E-state index in [4.69, 9.17) is 9.90 Å². The van der Waals surface area contributed by atoms with Gasteiger partial charge >= 0.3 is 18.3 Å². The summed E-state index contributed by atoms with van der Waals surface area (Å²) < 4.78 is 96.0. The van der Waals surface area contributed by atoms with Gasteiger partial charge in [-0.15, -0.1) is 10.2 Å². The number of hydrogen-bond donors (Lipinski definition) is 1. The molecule has 0 amide bonds. The Morgan fingerprint density at radius 3 is 2.07 bits per heavy atom. The van der Waals surface area contributed by atoms with Gasteiger partial charge in [-0.05, 0) is 25.1 Å². The molecule has 0 bridgehead atoms. The quantitative estimate of drug-likeness (QED) is 0.701. The summed E-state index contributed by atoms with van der Waals surface area (Å²) in [6.07, 6.45) is -9.60. The SMILES string of the molecule is CN(CCc1cccc(F)c1F)CCC1(C(F)(F)F)N=N1.O=C(O)C(F)(F)F. The predicted molar refractivity (Wildman–Crippen MR) is 79.5 cm³/mol. The lowest BCUT2D eigenvalue weighted by atomic mass is 10.1. The highest BCUT2D eigenvalue weighted by Crippen LogP contribution is 2.46. The van der Waals surface area contributed by atoms with Gasteiger partial charge in [-0.2, -0.15) is 26.3 Å². The van der Waals surface area contributed by atoms with E-state index in [0.717, 1.165) is 6.07 Å². The average molecular weight is 421 g/mol. The lowest BCUT2D eigenvalue weighted by Crippen LogP contribution is -2.36. The summed E-state index contributed by atoms with van der Waals surface area (Å²) in [5, 5.41) is 13.3. The Morgan fingerprint density at radius 1 is 1.11 bits per heavy atom. The molecule has 158 valence electrons. The molecule has 0 spiro atoms. The first-order valence-electron chi connectivity index (χ1n) is 7.62. The summed E-state index contributed by atoms with van der Waals surface area (Å²) in [6.45, 7) is 0.428. The van der Waals surface area contributed by atoms with Gasteiger partial charge in [-0.3, -0.25) is 0 Å². The molecule has 1 aromatic rings. The number of hydrogen-bond acceptors (Lipinski definition) is 4. The van der Waals surface area contributed by atoms with E-state index in [0.29, 0.717) is 6.54 Å². The third kappa shape index (κ3) is 6.69. The van der Waals surface area contributed by atoms with Crippen molar-refractivity contribution in [3.63, 3.8) is 0 Å². The molecule has 0 radical (unpaired) electrons. The van der Waals surface area contributed by atoms with Gasteiger partial charge in [-0.25, -0.2) is 13.6 Å². The number of carboxylic acid groups (broad SMARTS) is 1. The van der Waals surface area contributed by atoms with Gasteiger partial charge in [0.05, 0.1) is 0 Å². The van der Waals surface area contributed by atoms with Gasteiger partial charge in [0.15, 0.2) is 11.6 Å². The van der Waals surface area contributed by atoms with Crippen molar-refractivity contribution in [3.8, 4) is 0 Å². The van der Waals surface area contributed by atoms with Crippen LogP contribution in [0.5, 0.6) is 0 Å². The van der Waals surface area contributed by atoms with Crippen molar-refractivity contribution in [2.75, 3.05) is 20.1 Å². The van der Waals surface area contributed by atoms with Gasteiger partial charge in [0, 0.05) is 19.5 Å². The average Bonchev–Trinajstić information content (AvgIpc) is 3.35. The van der Waals surface area contributed by atoms with E-state index in [-0.39, 0.29) is 24.9 Å². The molecule has 0 unspecified atom stereocenters. The van der Waals surface area contributed by atoms with Crippen LogP contribution in [0.4, 0.5) is 35.1 Å². The van der Waals surface area contributed by atoms with Crippen LogP contribution in [-0.4, -0.2) is 54.1 Å². The van der Waals surface area contributed by atoms with Crippen LogP contribution in [0, 0.1) is 11.6 Å². The van der Waals surface area contributed by atoms with Crippen LogP contribution in [0.2, 0.25) is 0 Å². The molecule has 13 heteroatoms. The first kappa shape index (κ1) is 23.7. The number of carboxylic acids is 1. The minimum absolute atomic E-state index is 0.115. The van der Waals surface area contributed by atoms with Gasteiger partial charge in [0.2, 0.25) is 0 Å². The highest BCUT2D eigenvalue weighted by Gasteiger charge is 2.63. The zero-order chi connectivity index (χ0) is 21.8. The maximum absolute atomic E-state index is 13.4. The van der Waals surface area contributed by atoms with Crippen molar-refractivity contribution in [1.29, 1.82) is 0 Å². The Kier molecular flexibility index (Phi) is 7.45. The molecule has 1 N–H and O–H groups in total. The van der Waals surface area contributed by atoms with E-state index in [2.05, 4.69) is 10.2 Å². The van der Waals surface area contributed by atoms with Gasteiger partial charge < -0.3 is 10.0 Å². The number of rotatable bonds is 6. The molecule has 28 heavy (non-hydrogen) atoms. The van der Waals surface area contributed by atoms with Crippen molar-refractivity contribution in [2.45, 2.75) is 30.9 Å². The predicted octanol–water partition coefficient (Wildman–Crippen LogP) is 4.19. The largest absolute Gasteiger partial charge is 0.490 e. The topological polar surface area (TPSA) is 65.3 Å². The van der Waals surface area contributed by atoms with Crippen molar-refractivity contribution in [3.05, 3.63) is 35.4 Å². The maximum Gasteiger partial charge on any atom is 0.490 e. The van der Waals surface area contributed by atoms with E-state index in [1.807, 2.05) is 0 Å². The van der Waals surface area contributed by atoms with Crippen LogP contribution < -0.4 is 0 Å². The highest BCUT2D eigenvalue weighted by molar-refractivity contribution is 5.73. The van der Waals surface area contributed by atoms with E-state index in [1.165, 1.54) is 12.1 Å². The van der Waals surface area contributed by atoms with Crippen LogP contribution >= 0.6 is 0 Å². The fraction of sp³-hybridized carbons (Fsp3) is 0.533. The number of benzene rings is 1. The van der Waals surface area contributed by atoms with Crippen LogP contribution in [-0.2, 0) is 11.2 Å². The lowest BCUT2D eigenvalue weighted by Gasteiger charge is -2.20. The Labute approximate surface area is 153 Å². The molecule has 1 aliphatic heterocycles. The summed E-state index contributed by atoms with van der Waals surface area (Å²) in [7, 11) is 1.61. The molecule has 5 nitrogen and oxygen atoms in total. The molecular weight excluding hydrogens is 406 g/mol. The number of alkyl halides is 6. The normalized spacial score (nSPS) is 15.2. The van der Waals surface area contributed by atoms with Gasteiger partial charge in [-0.1, -0.05) is 12.1 Å². The third-order valence-corrected chi connectivity index (χ3v) is 3.67. The third-order valence-electron chi connectivity index (χ3n) is 3.67. The second kappa shape index (κ2) is 8.80. The molecule has 1 heterocycles. The molecule has 0 fully saturated rings. The molecule has 1 aromatic carbocycles. The molecule has 1 aliphatic rings. The Balaban J connectivity index is 0.000000480. The van der Waals surface area contributed by atoms with Crippen molar-refractivity contribution < 1.29 is 45.0 Å². The molecular formula is C15H15F8N3O2. The fourth-order valence-corrected chi connectivity index (χ4v) is 1.93. The Morgan fingerprint density at radius 2 is 1.64 bits per heavy atom. The van der Waals surface area contributed by atoms with Gasteiger partial charge in [0.1, 0.15) is 0 Å². The summed E-state index contributed by atoms with van der Waals surface area (Å²) in [5.74, 6) is -4.60. The van der Waals surface area contributed by atoms with Crippen LogP contribution in [0.3, 0.4) is 0 Å². The minimum atomic E-state index is -5.08. The highest BCUT2D eigenvalue weighted by atomic mass is 19.4. The lowest BCUT2D eigenvalue weighted by molar-refractivity contribution is -0.192. The van der Waals surface area contributed by atoms with Crippen LogP contribution in [0.15, 0.2) is 28.4 Å². The fourth-order valence-electron chi connectivity index (χ4n) is 1.93. The maximum atomic E-state index is 13.4. The molecule has 2 rings (SSSR count). The molecule has 0 atom stereocenters. The monoisotopic (exact) mass is 421 g/mol. The van der Waals surface area contributed by atoms with E-state index >= 15 is 0 Å².